The van der Waals surface area contributed by atoms with Crippen LogP contribution in [0.5, 0.6) is 0 Å². The minimum Gasteiger partial charge on any atom is -0.256 e. The molecular weight excluding hydrogens is 589 g/mol. The Morgan fingerprint density at radius 2 is 1.00 bits per heavy atom. The molecule has 9 rings (SSSR count). The number of nitrogens with zero attached hydrogens (tertiary/aromatic N) is 6. The Kier molecular flexibility index (Phi) is 6.68. The lowest BCUT2D eigenvalue weighted by molar-refractivity contribution is 1.06. The Morgan fingerprint density at radius 1 is 0.375 bits per heavy atom. The minimum absolute atomic E-state index is 0.520. The fraction of sp³-hybridized carbons (Fsp3) is 0. The maximum absolute atomic E-state index is 5.01. The third kappa shape index (κ3) is 4.93. The van der Waals surface area contributed by atoms with Crippen LogP contribution in [0.15, 0.2) is 158 Å². The van der Waals surface area contributed by atoms with Gasteiger partial charge in [0.2, 0.25) is 0 Å². The predicted octanol–water partition coefficient (Wildman–Crippen LogP) is 9.85. The van der Waals surface area contributed by atoms with Crippen LogP contribution in [0.25, 0.3) is 89.1 Å². The van der Waals surface area contributed by atoms with Crippen LogP contribution in [0.2, 0.25) is 0 Å². The van der Waals surface area contributed by atoms with Gasteiger partial charge in [-0.2, -0.15) is 0 Å². The van der Waals surface area contributed by atoms with Crippen molar-refractivity contribution in [2.45, 2.75) is 0 Å². The molecule has 4 aromatic heterocycles. The number of hydrogen-bond acceptors (Lipinski definition) is 6. The van der Waals surface area contributed by atoms with Crippen LogP contribution in [-0.4, -0.2) is 29.9 Å². The number of benzene rings is 5. The topological polar surface area (TPSA) is 77.3 Å². The van der Waals surface area contributed by atoms with Gasteiger partial charge in [-0.1, -0.05) is 115 Å². The zero-order chi connectivity index (χ0) is 31.9. The lowest BCUT2D eigenvalue weighted by Crippen LogP contribution is -2.01. The molecular formula is C42H26N6. The summed E-state index contributed by atoms with van der Waals surface area (Å²) in [6.45, 7) is 0. The fourth-order valence-electron chi connectivity index (χ4n) is 6.28. The molecule has 0 amide bonds. The molecule has 48 heavy (non-hydrogen) atoms. The Balaban J connectivity index is 1.11. The van der Waals surface area contributed by atoms with Crippen molar-refractivity contribution in [3.8, 4) is 56.5 Å². The summed E-state index contributed by atoms with van der Waals surface area (Å²) < 4.78 is 0. The van der Waals surface area contributed by atoms with Gasteiger partial charge in [0.25, 0.3) is 0 Å². The van der Waals surface area contributed by atoms with Crippen molar-refractivity contribution in [2.75, 3.05) is 0 Å². The molecule has 0 bridgehead atoms. The lowest BCUT2D eigenvalue weighted by Gasteiger charge is -2.12. The summed E-state index contributed by atoms with van der Waals surface area (Å²) in [5.74, 6) is 1.73. The third-order valence-electron chi connectivity index (χ3n) is 8.63. The van der Waals surface area contributed by atoms with E-state index >= 15 is 0 Å². The van der Waals surface area contributed by atoms with Gasteiger partial charge in [0.1, 0.15) is 5.69 Å². The van der Waals surface area contributed by atoms with E-state index in [-0.39, 0.29) is 0 Å². The molecule has 0 saturated heterocycles. The first-order valence-electron chi connectivity index (χ1n) is 15.8. The second-order valence-electron chi connectivity index (χ2n) is 11.6. The molecule has 9 aromatic rings. The summed E-state index contributed by atoms with van der Waals surface area (Å²) in [7, 11) is 0. The fourth-order valence-corrected chi connectivity index (χ4v) is 6.28. The SMILES string of the molecule is c1ccc(-c2nc(-c3ccccc3)nc(-c3ccc(-c4cnc5c(ccc6cc(-c7ccccc7)c7cccnc7c65)c4)cn3)n2)cc1. The van der Waals surface area contributed by atoms with Gasteiger partial charge >= 0.3 is 0 Å². The number of hydrogen-bond donors (Lipinski definition) is 0. The van der Waals surface area contributed by atoms with Crippen molar-refractivity contribution in [1.29, 1.82) is 0 Å². The summed E-state index contributed by atoms with van der Waals surface area (Å²) >= 11 is 0. The summed E-state index contributed by atoms with van der Waals surface area (Å²) in [5, 5.41) is 4.32. The predicted molar refractivity (Wildman–Crippen MR) is 193 cm³/mol. The van der Waals surface area contributed by atoms with Crippen LogP contribution in [0.1, 0.15) is 0 Å². The van der Waals surface area contributed by atoms with E-state index in [1.165, 1.54) is 11.1 Å². The maximum Gasteiger partial charge on any atom is 0.182 e. The Bertz CT molecular complexity index is 2530. The smallest absolute Gasteiger partial charge is 0.182 e. The van der Waals surface area contributed by atoms with Crippen molar-refractivity contribution in [1.82, 2.24) is 29.9 Å². The van der Waals surface area contributed by atoms with E-state index < -0.39 is 0 Å². The summed E-state index contributed by atoms with van der Waals surface area (Å²) in [4.78, 5) is 29.1. The monoisotopic (exact) mass is 614 g/mol. The number of aromatic nitrogens is 6. The first kappa shape index (κ1) is 27.6. The molecule has 0 unspecified atom stereocenters. The van der Waals surface area contributed by atoms with Crippen LogP contribution in [0.4, 0.5) is 0 Å². The zero-order valence-electron chi connectivity index (χ0n) is 25.7. The van der Waals surface area contributed by atoms with Crippen LogP contribution >= 0.6 is 0 Å². The Morgan fingerprint density at radius 3 is 1.67 bits per heavy atom. The number of fused-ring (bicyclic) bond motifs is 5. The summed E-state index contributed by atoms with van der Waals surface area (Å²) in [5.41, 5.74) is 8.65. The Labute approximate surface area is 276 Å². The standard InChI is InChI=1S/C42H26N6/c1-4-11-27(12-5-1)35-24-30-18-19-31-23-33(26-45-38(31)37(30)39-34(35)17-10-22-43-39)32-20-21-36(44-25-32)42-47-40(28-13-6-2-7-14-28)46-41(48-42)29-15-8-3-9-16-29/h1-26H. The van der Waals surface area contributed by atoms with E-state index in [1.54, 1.807) is 0 Å². The van der Waals surface area contributed by atoms with Crippen LogP contribution in [-0.2, 0) is 0 Å². The molecule has 0 spiro atoms. The van der Waals surface area contributed by atoms with Crippen molar-refractivity contribution < 1.29 is 0 Å². The van der Waals surface area contributed by atoms with Gasteiger partial charge in [-0.05, 0) is 40.8 Å². The van der Waals surface area contributed by atoms with Crippen LogP contribution < -0.4 is 0 Å². The molecule has 0 saturated carbocycles. The van der Waals surface area contributed by atoms with Crippen LogP contribution in [0.3, 0.4) is 0 Å². The van der Waals surface area contributed by atoms with Gasteiger partial charge in [-0.15, -0.1) is 0 Å². The van der Waals surface area contributed by atoms with Gasteiger partial charge in [-0.3, -0.25) is 15.0 Å². The highest BCUT2D eigenvalue weighted by Crippen LogP contribution is 2.37. The van der Waals surface area contributed by atoms with Gasteiger partial charge in [0.15, 0.2) is 17.5 Å². The second kappa shape index (κ2) is 11.6. The second-order valence-corrected chi connectivity index (χ2v) is 11.6. The molecule has 6 heteroatoms. The number of rotatable bonds is 5. The molecule has 5 aromatic carbocycles. The van der Waals surface area contributed by atoms with Gasteiger partial charge in [0, 0.05) is 57.0 Å². The largest absolute Gasteiger partial charge is 0.256 e. The normalized spacial score (nSPS) is 11.3. The Hall–Kier alpha value is -6.66. The molecule has 6 nitrogen and oxygen atoms in total. The molecule has 0 radical (unpaired) electrons. The molecule has 0 fully saturated rings. The van der Waals surface area contributed by atoms with E-state index in [0.717, 1.165) is 54.8 Å². The molecule has 0 aliphatic heterocycles. The molecule has 224 valence electrons. The molecule has 0 N–H and O–H groups in total. The molecule has 0 aliphatic carbocycles. The van der Waals surface area contributed by atoms with E-state index in [2.05, 4.69) is 54.6 Å². The van der Waals surface area contributed by atoms with Gasteiger partial charge in [0.05, 0.1) is 11.0 Å². The molecule has 0 atom stereocenters. The van der Waals surface area contributed by atoms with Gasteiger partial charge in [-0.25, -0.2) is 15.0 Å². The minimum atomic E-state index is 0.520. The summed E-state index contributed by atoms with van der Waals surface area (Å²) in [6.07, 6.45) is 5.63. The first-order chi connectivity index (χ1) is 23.8. The van der Waals surface area contributed by atoms with E-state index in [9.17, 15) is 0 Å². The third-order valence-corrected chi connectivity index (χ3v) is 8.63. The van der Waals surface area contributed by atoms with Crippen molar-refractivity contribution >= 4 is 32.6 Å². The maximum atomic E-state index is 5.01. The lowest BCUT2D eigenvalue weighted by atomic mass is 9.94. The van der Waals surface area contributed by atoms with E-state index in [0.29, 0.717) is 23.2 Å². The highest BCUT2D eigenvalue weighted by Gasteiger charge is 2.15. The van der Waals surface area contributed by atoms with E-state index in [4.69, 9.17) is 29.9 Å². The van der Waals surface area contributed by atoms with Crippen LogP contribution in [0, 0.1) is 0 Å². The zero-order valence-corrected chi connectivity index (χ0v) is 25.7. The first-order valence-corrected chi connectivity index (χ1v) is 15.8. The number of pyridine rings is 3. The van der Waals surface area contributed by atoms with Crippen molar-refractivity contribution in [3.05, 3.63) is 158 Å². The highest BCUT2D eigenvalue weighted by atomic mass is 15.0. The quantitative estimate of drug-likeness (QED) is 0.180. The van der Waals surface area contributed by atoms with Crippen molar-refractivity contribution in [3.63, 3.8) is 0 Å². The molecule has 0 aliphatic rings. The average Bonchev–Trinajstić information content (AvgIpc) is 3.18. The highest BCUT2D eigenvalue weighted by molar-refractivity contribution is 6.21. The summed E-state index contributed by atoms with van der Waals surface area (Å²) in [6, 6.07) is 47.2. The van der Waals surface area contributed by atoms with E-state index in [1.807, 2.05) is 104 Å². The van der Waals surface area contributed by atoms with Gasteiger partial charge < -0.3 is 0 Å². The average molecular weight is 615 g/mol. The van der Waals surface area contributed by atoms with Crippen molar-refractivity contribution in [2.24, 2.45) is 0 Å². The molecule has 4 heterocycles.